The van der Waals surface area contributed by atoms with E-state index < -0.39 is 0 Å². The highest BCUT2D eigenvalue weighted by molar-refractivity contribution is 5.78. The zero-order valence-electron chi connectivity index (χ0n) is 12.5. The average molecular weight is 280 g/mol. The summed E-state index contributed by atoms with van der Waals surface area (Å²) < 4.78 is 1.99. The summed E-state index contributed by atoms with van der Waals surface area (Å²) in [6.45, 7) is 5.84. The van der Waals surface area contributed by atoms with Crippen LogP contribution in [0, 0.1) is 0 Å². The van der Waals surface area contributed by atoms with Gasteiger partial charge in [-0.15, -0.1) is 0 Å². The highest BCUT2D eigenvalue weighted by Gasteiger charge is 2.04. The van der Waals surface area contributed by atoms with Crippen LogP contribution in [0.4, 0.5) is 0 Å². The van der Waals surface area contributed by atoms with Crippen LogP contribution in [0.25, 0.3) is 10.9 Å². The molecule has 1 N–H and O–H groups in total. The number of rotatable bonds is 5. The van der Waals surface area contributed by atoms with Crippen molar-refractivity contribution in [3.63, 3.8) is 0 Å². The summed E-state index contributed by atoms with van der Waals surface area (Å²) in [7, 11) is 0. The monoisotopic (exact) mass is 280 g/mol. The summed E-state index contributed by atoms with van der Waals surface area (Å²) in [5.74, 6) is 0. The molecule has 21 heavy (non-hydrogen) atoms. The Labute approximate surface area is 124 Å². The Morgan fingerprint density at radius 2 is 1.95 bits per heavy atom. The molecular weight excluding hydrogens is 260 g/mol. The lowest BCUT2D eigenvalue weighted by Crippen LogP contribution is -2.21. The van der Waals surface area contributed by atoms with Gasteiger partial charge in [-0.3, -0.25) is 9.67 Å². The van der Waals surface area contributed by atoms with Crippen molar-refractivity contribution in [2.45, 2.75) is 33.0 Å². The average Bonchev–Trinajstić information content (AvgIpc) is 2.90. The molecule has 0 aliphatic rings. The molecule has 4 nitrogen and oxygen atoms in total. The molecule has 0 aliphatic carbocycles. The molecule has 0 radical (unpaired) electrons. The van der Waals surface area contributed by atoms with Crippen molar-refractivity contribution in [2.24, 2.45) is 0 Å². The van der Waals surface area contributed by atoms with Crippen molar-refractivity contribution in [1.29, 1.82) is 0 Å². The number of nitrogens with one attached hydrogen (secondary N) is 1. The first-order valence-electron chi connectivity index (χ1n) is 7.30. The van der Waals surface area contributed by atoms with Crippen molar-refractivity contribution in [3.05, 3.63) is 60.0 Å². The van der Waals surface area contributed by atoms with Gasteiger partial charge in [0.1, 0.15) is 0 Å². The zero-order valence-corrected chi connectivity index (χ0v) is 12.5. The van der Waals surface area contributed by atoms with E-state index in [1.807, 2.05) is 29.2 Å². The SMILES string of the molecule is CC(C)NCc1ccc(Cn2ncc3ccccc32)nc1. The Morgan fingerprint density at radius 1 is 1.10 bits per heavy atom. The van der Waals surface area contributed by atoms with E-state index in [0.29, 0.717) is 12.6 Å². The fraction of sp³-hybridized carbons (Fsp3) is 0.294. The van der Waals surface area contributed by atoms with E-state index >= 15 is 0 Å². The number of pyridine rings is 1. The second-order valence-electron chi connectivity index (χ2n) is 5.55. The fourth-order valence-electron chi connectivity index (χ4n) is 2.28. The van der Waals surface area contributed by atoms with E-state index in [-0.39, 0.29) is 0 Å². The first kappa shape index (κ1) is 13.8. The van der Waals surface area contributed by atoms with Gasteiger partial charge in [0, 0.05) is 24.2 Å². The van der Waals surface area contributed by atoms with Gasteiger partial charge < -0.3 is 5.32 Å². The van der Waals surface area contributed by atoms with Crippen LogP contribution in [-0.4, -0.2) is 20.8 Å². The van der Waals surface area contributed by atoms with Crippen LogP contribution in [-0.2, 0) is 13.1 Å². The predicted molar refractivity (Wildman–Crippen MR) is 85.0 cm³/mol. The van der Waals surface area contributed by atoms with Crippen molar-refractivity contribution in [1.82, 2.24) is 20.1 Å². The minimum Gasteiger partial charge on any atom is -0.310 e. The number of nitrogens with zero attached hydrogens (tertiary/aromatic N) is 3. The van der Waals surface area contributed by atoms with Gasteiger partial charge in [0.05, 0.1) is 24.0 Å². The number of benzene rings is 1. The first-order chi connectivity index (χ1) is 10.2. The Morgan fingerprint density at radius 3 is 2.71 bits per heavy atom. The molecular formula is C17H20N4. The number of fused-ring (bicyclic) bond motifs is 1. The Balaban J connectivity index is 1.73. The molecule has 2 aromatic heterocycles. The van der Waals surface area contributed by atoms with E-state index in [1.54, 1.807) is 0 Å². The summed E-state index contributed by atoms with van der Waals surface area (Å²) in [5, 5.41) is 8.99. The zero-order chi connectivity index (χ0) is 14.7. The molecule has 0 bridgehead atoms. The van der Waals surface area contributed by atoms with Gasteiger partial charge in [-0.25, -0.2) is 0 Å². The lowest BCUT2D eigenvalue weighted by Gasteiger charge is -2.08. The molecule has 1 aromatic carbocycles. The lowest BCUT2D eigenvalue weighted by molar-refractivity contribution is 0.587. The molecule has 0 aliphatic heterocycles. The summed E-state index contributed by atoms with van der Waals surface area (Å²) in [4.78, 5) is 4.54. The minimum atomic E-state index is 0.486. The second-order valence-corrected chi connectivity index (χ2v) is 5.55. The quantitative estimate of drug-likeness (QED) is 0.781. The molecule has 0 unspecified atom stereocenters. The van der Waals surface area contributed by atoms with E-state index in [1.165, 1.54) is 5.56 Å². The van der Waals surface area contributed by atoms with Crippen molar-refractivity contribution in [2.75, 3.05) is 0 Å². The van der Waals surface area contributed by atoms with Crippen LogP contribution in [0.2, 0.25) is 0 Å². The summed E-state index contributed by atoms with van der Waals surface area (Å²) >= 11 is 0. The third-order valence-corrected chi connectivity index (χ3v) is 3.46. The first-order valence-corrected chi connectivity index (χ1v) is 7.30. The molecule has 0 spiro atoms. The molecule has 0 fully saturated rings. The van der Waals surface area contributed by atoms with E-state index in [4.69, 9.17) is 0 Å². The van der Waals surface area contributed by atoms with Crippen LogP contribution in [0.5, 0.6) is 0 Å². The van der Waals surface area contributed by atoms with Crippen LogP contribution >= 0.6 is 0 Å². The summed E-state index contributed by atoms with van der Waals surface area (Å²) in [6.07, 6.45) is 3.84. The molecule has 0 amide bonds. The molecule has 4 heteroatoms. The molecule has 108 valence electrons. The third kappa shape index (κ3) is 3.28. The van der Waals surface area contributed by atoms with E-state index in [0.717, 1.165) is 23.1 Å². The number of hydrogen-bond acceptors (Lipinski definition) is 3. The van der Waals surface area contributed by atoms with Crippen molar-refractivity contribution >= 4 is 10.9 Å². The van der Waals surface area contributed by atoms with Crippen LogP contribution in [0.15, 0.2) is 48.8 Å². The predicted octanol–water partition coefficient (Wildman–Crippen LogP) is 2.98. The Kier molecular flexibility index (Phi) is 3.97. The maximum absolute atomic E-state index is 4.54. The number of hydrogen-bond donors (Lipinski definition) is 1. The summed E-state index contributed by atoms with van der Waals surface area (Å²) in [6, 6.07) is 12.9. The topological polar surface area (TPSA) is 42.7 Å². The number of para-hydroxylation sites is 1. The van der Waals surface area contributed by atoms with E-state index in [2.05, 4.69) is 53.5 Å². The van der Waals surface area contributed by atoms with Crippen molar-refractivity contribution < 1.29 is 0 Å². The highest BCUT2D eigenvalue weighted by Crippen LogP contribution is 2.14. The normalized spacial score (nSPS) is 11.4. The standard InChI is InChI=1S/C17H20N4/c1-13(2)18-9-14-7-8-16(19-10-14)12-21-17-6-4-3-5-15(17)11-20-21/h3-8,10-11,13,18H,9,12H2,1-2H3. The van der Waals surface area contributed by atoms with Crippen molar-refractivity contribution in [3.8, 4) is 0 Å². The molecule has 0 saturated heterocycles. The van der Waals surface area contributed by atoms with Gasteiger partial charge in [0.2, 0.25) is 0 Å². The highest BCUT2D eigenvalue weighted by atomic mass is 15.3. The molecule has 3 rings (SSSR count). The Hall–Kier alpha value is -2.20. The van der Waals surface area contributed by atoms with Gasteiger partial charge in [-0.05, 0) is 17.7 Å². The smallest absolute Gasteiger partial charge is 0.0838 e. The molecule has 0 saturated carbocycles. The van der Waals surface area contributed by atoms with Gasteiger partial charge in [0.25, 0.3) is 0 Å². The number of aromatic nitrogens is 3. The van der Waals surface area contributed by atoms with Crippen LogP contribution in [0.3, 0.4) is 0 Å². The molecule has 3 aromatic rings. The van der Waals surface area contributed by atoms with Crippen LogP contribution < -0.4 is 5.32 Å². The third-order valence-electron chi connectivity index (χ3n) is 3.46. The Bertz CT molecular complexity index is 713. The van der Waals surface area contributed by atoms with Gasteiger partial charge in [0.15, 0.2) is 0 Å². The summed E-state index contributed by atoms with van der Waals surface area (Å²) in [5.41, 5.74) is 3.37. The minimum absolute atomic E-state index is 0.486. The molecule has 0 atom stereocenters. The van der Waals surface area contributed by atoms with Gasteiger partial charge in [-0.2, -0.15) is 5.10 Å². The molecule has 2 heterocycles. The maximum Gasteiger partial charge on any atom is 0.0838 e. The lowest BCUT2D eigenvalue weighted by atomic mass is 10.2. The van der Waals surface area contributed by atoms with Crippen LogP contribution in [0.1, 0.15) is 25.1 Å². The van der Waals surface area contributed by atoms with E-state index in [9.17, 15) is 0 Å². The van der Waals surface area contributed by atoms with Gasteiger partial charge >= 0.3 is 0 Å². The second kappa shape index (κ2) is 6.06. The fourth-order valence-corrected chi connectivity index (χ4v) is 2.28. The van der Waals surface area contributed by atoms with Gasteiger partial charge in [-0.1, -0.05) is 38.1 Å². The largest absolute Gasteiger partial charge is 0.310 e. The maximum atomic E-state index is 4.54.